The molecule has 0 saturated heterocycles. The molecule has 9 nitrogen and oxygen atoms in total. The Balaban J connectivity index is 0.00000190. The molecule has 0 atom stereocenters. The minimum Gasteiger partial charge on any atom is -0.496 e. The van der Waals surface area contributed by atoms with E-state index in [0.29, 0.717) is 45.2 Å². The Labute approximate surface area is 173 Å². The molecule has 2 aromatic rings. The maximum atomic E-state index is 12.6. The number of carbonyl (C=O) groups is 2. The molecule has 29 heavy (non-hydrogen) atoms. The molecular formula is C19H28N6O3S. The smallest absolute Gasteiger partial charge is 0.268 e. The second-order valence-electron chi connectivity index (χ2n) is 5.43. The zero-order chi connectivity index (χ0) is 20.1. The third-order valence-electron chi connectivity index (χ3n) is 3.90. The van der Waals surface area contributed by atoms with Gasteiger partial charge in [0, 0.05) is 30.9 Å². The van der Waals surface area contributed by atoms with Gasteiger partial charge in [-0.15, -0.1) is 11.3 Å². The molecule has 2 heterocycles. The van der Waals surface area contributed by atoms with Crippen LogP contribution in [-0.2, 0) is 11.8 Å². The summed E-state index contributed by atoms with van der Waals surface area (Å²) in [5.41, 5.74) is 2.96. The first-order chi connectivity index (χ1) is 13.0. The van der Waals surface area contributed by atoms with Gasteiger partial charge < -0.3 is 32.3 Å². The molecule has 0 radical (unpaired) electrons. The lowest BCUT2D eigenvalue weighted by Crippen LogP contribution is -2.28. The number of aldehydes is 1. The standard InChI is InChI=1S/C17H16N4O3S.C2H6.2H3N/c1-9-4-10(5-12(9)24-3)7-19-17(23)14-11(6-18)15-16(21(14)2)20-13(8-22)25-15;1-2;;/h4-6,8,18H,1,7H2,2-3H3,(H,19,23);1-2H3;2*1H3. The van der Waals surface area contributed by atoms with E-state index in [0.717, 1.165) is 17.4 Å². The molecule has 1 amide bonds. The van der Waals surface area contributed by atoms with E-state index in [-0.39, 0.29) is 18.2 Å². The summed E-state index contributed by atoms with van der Waals surface area (Å²) in [6, 6.07) is 0. The van der Waals surface area contributed by atoms with Gasteiger partial charge in [0.25, 0.3) is 5.91 Å². The molecule has 0 bridgehead atoms. The lowest BCUT2D eigenvalue weighted by atomic mass is 10.2. The van der Waals surface area contributed by atoms with Crippen molar-refractivity contribution >= 4 is 40.1 Å². The summed E-state index contributed by atoms with van der Waals surface area (Å²) in [4.78, 5) is 27.7. The number of hydrogen-bond donors (Lipinski definition) is 4. The van der Waals surface area contributed by atoms with Gasteiger partial charge in [0.15, 0.2) is 16.9 Å². The monoisotopic (exact) mass is 420 g/mol. The summed E-state index contributed by atoms with van der Waals surface area (Å²) < 4.78 is 7.44. The van der Waals surface area contributed by atoms with Gasteiger partial charge in [-0.2, -0.15) is 0 Å². The molecule has 10 heteroatoms. The molecule has 0 aliphatic heterocycles. The van der Waals surface area contributed by atoms with Crippen LogP contribution < -0.4 is 17.6 Å². The van der Waals surface area contributed by atoms with Crippen LogP contribution in [0.15, 0.2) is 35.6 Å². The Morgan fingerprint density at radius 1 is 1.38 bits per heavy atom. The largest absolute Gasteiger partial charge is 0.496 e. The Kier molecular flexibility index (Phi) is 9.88. The first-order valence-corrected chi connectivity index (χ1v) is 9.20. The summed E-state index contributed by atoms with van der Waals surface area (Å²) in [6.45, 7) is 8.18. The molecule has 158 valence electrons. The fourth-order valence-corrected chi connectivity index (χ4v) is 3.67. The van der Waals surface area contributed by atoms with E-state index in [1.807, 2.05) is 26.0 Å². The second-order valence-corrected chi connectivity index (χ2v) is 6.46. The van der Waals surface area contributed by atoms with Crippen molar-refractivity contribution in [3.63, 3.8) is 0 Å². The average molecular weight is 421 g/mol. The highest BCUT2D eigenvalue weighted by Crippen LogP contribution is 2.29. The summed E-state index contributed by atoms with van der Waals surface area (Å²) >= 11 is 1.17. The summed E-state index contributed by atoms with van der Waals surface area (Å²) in [7, 11) is 3.26. The van der Waals surface area contributed by atoms with E-state index in [4.69, 9.17) is 10.1 Å². The molecule has 1 aliphatic rings. The van der Waals surface area contributed by atoms with E-state index >= 15 is 0 Å². The number of ether oxygens (including phenoxy) is 1. The summed E-state index contributed by atoms with van der Waals surface area (Å²) in [6.07, 6.45) is 5.45. The van der Waals surface area contributed by atoms with Gasteiger partial charge in [0.05, 0.1) is 11.8 Å². The Morgan fingerprint density at radius 2 is 2.03 bits per heavy atom. The first-order valence-electron chi connectivity index (χ1n) is 8.38. The predicted octanol–water partition coefficient (Wildman–Crippen LogP) is 3.55. The maximum Gasteiger partial charge on any atom is 0.268 e. The quantitative estimate of drug-likeness (QED) is 0.411. The van der Waals surface area contributed by atoms with Gasteiger partial charge in [-0.1, -0.05) is 20.4 Å². The van der Waals surface area contributed by atoms with Gasteiger partial charge >= 0.3 is 0 Å². The lowest BCUT2D eigenvalue weighted by Gasteiger charge is -2.07. The minimum absolute atomic E-state index is 0. The number of nitrogens with one attached hydrogen (secondary N) is 2. The first kappa shape index (κ1) is 25.9. The summed E-state index contributed by atoms with van der Waals surface area (Å²) in [5.74, 6) is 0.360. The zero-order valence-corrected chi connectivity index (χ0v) is 18.0. The molecule has 0 aromatic carbocycles. The third kappa shape index (κ3) is 4.86. The van der Waals surface area contributed by atoms with Crippen molar-refractivity contribution in [2.24, 2.45) is 7.05 Å². The Hall–Kier alpha value is -3.08. The van der Waals surface area contributed by atoms with Crippen molar-refractivity contribution in [1.29, 1.82) is 5.41 Å². The predicted molar refractivity (Wildman–Crippen MR) is 118 cm³/mol. The number of aryl methyl sites for hydroxylation is 1. The number of amides is 1. The summed E-state index contributed by atoms with van der Waals surface area (Å²) in [5, 5.41) is 10.8. The van der Waals surface area contributed by atoms with E-state index in [9.17, 15) is 9.59 Å². The molecule has 3 rings (SSSR count). The van der Waals surface area contributed by atoms with Crippen LogP contribution in [-0.4, -0.2) is 41.6 Å². The van der Waals surface area contributed by atoms with Gasteiger partial charge in [-0.25, -0.2) is 4.98 Å². The number of fused-ring (bicyclic) bond motifs is 1. The number of allylic oxidation sites excluding steroid dienone is 1. The van der Waals surface area contributed by atoms with Crippen LogP contribution in [0, 0.1) is 5.41 Å². The molecule has 1 aliphatic carbocycles. The van der Waals surface area contributed by atoms with Crippen molar-refractivity contribution in [2.45, 2.75) is 13.8 Å². The van der Waals surface area contributed by atoms with Crippen molar-refractivity contribution in [3.05, 3.63) is 51.9 Å². The molecule has 0 spiro atoms. The van der Waals surface area contributed by atoms with Gasteiger partial charge in [-0.05, 0) is 17.7 Å². The number of nitrogens with zero attached hydrogens (tertiary/aromatic N) is 2. The van der Waals surface area contributed by atoms with E-state index in [2.05, 4.69) is 16.9 Å². The van der Waals surface area contributed by atoms with Crippen LogP contribution >= 0.6 is 11.3 Å². The molecule has 0 unspecified atom stereocenters. The van der Waals surface area contributed by atoms with E-state index in [1.54, 1.807) is 18.7 Å². The van der Waals surface area contributed by atoms with Crippen LogP contribution in [0.5, 0.6) is 0 Å². The van der Waals surface area contributed by atoms with Crippen LogP contribution in [0.25, 0.3) is 10.3 Å². The zero-order valence-electron chi connectivity index (χ0n) is 17.2. The minimum atomic E-state index is -0.315. The number of carbonyl (C=O) groups excluding carboxylic acids is 2. The normalized spacial score (nSPS) is 11.9. The number of methoxy groups -OCH3 is 1. The van der Waals surface area contributed by atoms with Gasteiger partial charge in [-0.3, -0.25) is 9.59 Å². The second kappa shape index (κ2) is 11.1. The number of rotatable bonds is 6. The SMILES string of the molecule is C=C1C=C(CNC(=O)c2c(C=N)c3sc(C=O)nc3n2C)C=C1OC.CC.N.N. The van der Waals surface area contributed by atoms with Crippen molar-refractivity contribution < 1.29 is 14.3 Å². The van der Waals surface area contributed by atoms with Crippen molar-refractivity contribution in [3.8, 4) is 0 Å². The highest BCUT2D eigenvalue weighted by atomic mass is 32.1. The van der Waals surface area contributed by atoms with E-state index < -0.39 is 0 Å². The highest BCUT2D eigenvalue weighted by Gasteiger charge is 2.23. The molecule has 2 aromatic heterocycles. The number of aromatic nitrogens is 2. The van der Waals surface area contributed by atoms with Gasteiger partial charge in [0.2, 0.25) is 0 Å². The number of hydrogen-bond acceptors (Lipinski definition) is 8. The Bertz CT molecular complexity index is 984. The highest BCUT2D eigenvalue weighted by molar-refractivity contribution is 7.20. The Morgan fingerprint density at radius 3 is 2.55 bits per heavy atom. The molecule has 0 saturated carbocycles. The fraction of sp³-hybridized carbons (Fsp3) is 0.263. The lowest BCUT2D eigenvalue weighted by molar-refractivity contribution is 0.0949. The van der Waals surface area contributed by atoms with Crippen LogP contribution in [0.3, 0.4) is 0 Å². The average Bonchev–Trinajstić information content (AvgIpc) is 3.34. The molecule has 0 fully saturated rings. The third-order valence-corrected chi connectivity index (χ3v) is 4.91. The molecule has 8 N–H and O–H groups in total. The molecular weight excluding hydrogens is 392 g/mol. The van der Waals surface area contributed by atoms with Crippen molar-refractivity contribution in [1.82, 2.24) is 27.2 Å². The van der Waals surface area contributed by atoms with Crippen LogP contribution in [0.2, 0.25) is 0 Å². The maximum absolute atomic E-state index is 12.6. The van der Waals surface area contributed by atoms with Crippen LogP contribution in [0.4, 0.5) is 0 Å². The van der Waals surface area contributed by atoms with E-state index in [1.165, 1.54) is 11.3 Å². The fourth-order valence-electron chi connectivity index (χ4n) is 2.74. The van der Waals surface area contributed by atoms with Crippen molar-refractivity contribution in [2.75, 3.05) is 13.7 Å². The van der Waals surface area contributed by atoms with Gasteiger partial charge in [0.1, 0.15) is 11.5 Å². The van der Waals surface area contributed by atoms with Crippen LogP contribution in [0.1, 0.15) is 39.7 Å². The topological polar surface area (TPSA) is 167 Å². The number of thiazole rings is 1.